The molecule has 2 heterocycles. The molecule has 0 spiro atoms. The molecule has 0 bridgehead atoms. The van der Waals surface area contributed by atoms with Gasteiger partial charge in [-0.05, 0) is 55.5 Å². The highest BCUT2D eigenvalue weighted by molar-refractivity contribution is 9.10. The number of carbonyl (C=O) groups is 1. The maximum absolute atomic E-state index is 12.4. The molecular formula is C23H19BrN6O2S. The summed E-state index contributed by atoms with van der Waals surface area (Å²) in [6.45, 7) is 1.72. The third-order valence-electron chi connectivity index (χ3n) is 4.61. The van der Waals surface area contributed by atoms with Crippen molar-refractivity contribution < 1.29 is 9.90 Å². The highest BCUT2D eigenvalue weighted by atomic mass is 79.9. The number of carbonyl (C=O) groups excluding carboxylic acids is 1. The van der Waals surface area contributed by atoms with E-state index in [0.717, 1.165) is 15.7 Å². The summed E-state index contributed by atoms with van der Waals surface area (Å²) in [7, 11) is 0. The monoisotopic (exact) mass is 522 g/mol. The molecule has 8 nitrogen and oxygen atoms in total. The van der Waals surface area contributed by atoms with Gasteiger partial charge < -0.3 is 5.11 Å². The minimum Gasteiger partial charge on any atom is -0.507 e. The van der Waals surface area contributed by atoms with Gasteiger partial charge in [0.2, 0.25) is 0 Å². The average Bonchev–Trinajstić information content (AvgIpc) is 3.26. The van der Waals surface area contributed by atoms with E-state index in [9.17, 15) is 9.90 Å². The van der Waals surface area contributed by atoms with E-state index in [1.54, 1.807) is 43.6 Å². The Morgan fingerprint density at radius 3 is 2.64 bits per heavy atom. The second-order valence-corrected chi connectivity index (χ2v) is 8.76. The summed E-state index contributed by atoms with van der Waals surface area (Å²) in [6.07, 6.45) is 3.42. The molecule has 0 atom stereocenters. The van der Waals surface area contributed by atoms with Gasteiger partial charge in [-0.15, -0.1) is 10.2 Å². The third-order valence-corrected chi connectivity index (χ3v) is 6.07. The average molecular weight is 523 g/mol. The lowest BCUT2D eigenvalue weighted by molar-refractivity contribution is -0.118. The Balaban J connectivity index is 1.53. The largest absolute Gasteiger partial charge is 0.507 e. The molecule has 10 heteroatoms. The predicted molar refractivity (Wildman–Crippen MR) is 131 cm³/mol. The number of nitrogens with one attached hydrogen (secondary N) is 1. The van der Waals surface area contributed by atoms with Crippen molar-refractivity contribution in [2.24, 2.45) is 5.10 Å². The minimum atomic E-state index is -0.303. The van der Waals surface area contributed by atoms with E-state index >= 15 is 0 Å². The topological polar surface area (TPSA) is 105 Å². The van der Waals surface area contributed by atoms with Gasteiger partial charge in [0.25, 0.3) is 5.91 Å². The van der Waals surface area contributed by atoms with E-state index in [-0.39, 0.29) is 17.4 Å². The number of amides is 1. The first kappa shape index (κ1) is 22.7. The van der Waals surface area contributed by atoms with E-state index in [4.69, 9.17) is 0 Å². The summed E-state index contributed by atoms with van der Waals surface area (Å²) in [6, 6.07) is 18.3. The highest BCUT2D eigenvalue weighted by Crippen LogP contribution is 2.28. The zero-order valence-electron chi connectivity index (χ0n) is 17.5. The molecule has 33 heavy (non-hydrogen) atoms. The van der Waals surface area contributed by atoms with E-state index in [1.165, 1.54) is 11.8 Å². The molecule has 0 saturated heterocycles. The Morgan fingerprint density at radius 1 is 1.12 bits per heavy atom. The molecule has 0 aliphatic carbocycles. The zero-order chi connectivity index (χ0) is 23.2. The normalized spacial score (nSPS) is 11.4. The Morgan fingerprint density at radius 2 is 1.91 bits per heavy atom. The first-order valence-corrected chi connectivity index (χ1v) is 11.7. The summed E-state index contributed by atoms with van der Waals surface area (Å²) in [5.74, 6) is 0.511. The number of hydrogen-bond donors (Lipinski definition) is 2. The predicted octanol–water partition coefficient (Wildman–Crippen LogP) is 4.43. The molecule has 2 aromatic carbocycles. The number of phenols is 1. The van der Waals surface area contributed by atoms with Crippen LogP contribution in [0.5, 0.6) is 5.75 Å². The van der Waals surface area contributed by atoms with E-state index in [0.29, 0.717) is 22.3 Å². The van der Waals surface area contributed by atoms with Gasteiger partial charge in [0.15, 0.2) is 11.0 Å². The van der Waals surface area contributed by atoms with Gasteiger partial charge in [-0.25, -0.2) is 5.43 Å². The van der Waals surface area contributed by atoms with Crippen molar-refractivity contribution in [2.75, 3.05) is 5.75 Å². The molecule has 4 rings (SSSR count). The molecule has 0 saturated carbocycles. The summed E-state index contributed by atoms with van der Waals surface area (Å²) < 4.78 is 2.84. The van der Waals surface area contributed by atoms with Crippen LogP contribution in [0, 0.1) is 0 Å². The molecule has 2 N–H and O–H groups in total. The van der Waals surface area contributed by atoms with Crippen LogP contribution in [-0.2, 0) is 4.79 Å². The highest BCUT2D eigenvalue weighted by Gasteiger charge is 2.17. The van der Waals surface area contributed by atoms with Crippen LogP contribution in [0.4, 0.5) is 0 Å². The summed E-state index contributed by atoms with van der Waals surface area (Å²) >= 11 is 4.70. The van der Waals surface area contributed by atoms with Gasteiger partial charge in [-0.1, -0.05) is 39.8 Å². The number of aromatic nitrogens is 4. The smallest absolute Gasteiger partial charge is 0.250 e. The van der Waals surface area contributed by atoms with Crippen molar-refractivity contribution in [1.82, 2.24) is 25.2 Å². The maximum Gasteiger partial charge on any atom is 0.250 e. The molecule has 166 valence electrons. The van der Waals surface area contributed by atoms with Gasteiger partial charge >= 0.3 is 0 Å². The number of nitrogens with zero attached hydrogens (tertiary/aromatic N) is 5. The molecule has 4 aromatic rings. The number of aromatic hydroxyl groups is 1. The molecule has 0 aliphatic rings. The summed E-state index contributed by atoms with van der Waals surface area (Å²) in [5.41, 5.74) is 5.26. The fraction of sp³-hybridized carbons (Fsp3) is 0.0870. The van der Waals surface area contributed by atoms with Crippen molar-refractivity contribution >= 4 is 39.3 Å². The maximum atomic E-state index is 12.4. The summed E-state index contributed by atoms with van der Waals surface area (Å²) in [5, 5.41) is 23.2. The van der Waals surface area contributed by atoms with Crippen LogP contribution in [0.15, 0.2) is 87.8 Å². The Labute approximate surface area is 202 Å². The number of para-hydroxylation sites is 1. The lowest BCUT2D eigenvalue weighted by atomic mass is 10.1. The second kappa shape index (κ2) is 10.4. The molecular weight excluding hydrogens is 504 g/mol. The van der Waals surface area contributed by atoms with Crippen LogP contribution >= 0.6 is 27.7 Å². The molecule has 0 aliphatic heterocycles. The lowest BCUT2D eigenvalue weighted by Crippen LogP contribution is -2.21. The zero-order valence-corrected chi connectivity index (χ0v) is 19.9. The first-order chi connectivity index (χ1) is 16.0. The second-order valence-electron chi connectivity index (χ2n) is 6.90. The van der Waals surface area contributed by atoms with Crippen molar-refractivity contribution in [1.29, 1.82) is 0 Å². The van der Waals surface area contributed by atoms with E-state index in [1.807, 2.05) is 41.0 Å². The molecule has 1 amide bonds. The molecule has 0 radical (unpaired) electrons. The fourth-order valence-corrected chi connectivity index (χ4v) is 4.03. The minimum absolute atomic E-state index is 0.0826. The van der Waals surface area contributed by atoms with E-state index < -0.39 is 0 Å². The number of rotatable bonds is 7. The van der Waals surface area contributed by atoms with Gasteiger partial charge in [0.1, 0.15) is 5.75 Å². The lowest BCUT2D eigenvalue weighted by Gasteiger charge is -2.10. The van der Waals surface area contributed by atoms with Crippen LogP contribution in [0.1, 0.15) is 12.5 Å². The van der Waals surface area contributed by atoms with Crippen molar-refractivity contribution in [3.63, 3.8) is 0 Å². The quantitative estimate of drug-likeness (QED) is 0.211. The van der Waals surface area contributed by atoms with Gasteiger partial charge in [0, 0.05) is 33.7 Å². The first-order valence-electron chi connectivity index (χ1n) is 9.89. The van der Waals surface area contributed by atoms with Crippen LogP contribution < -0.4 is 5.43 Å². The molecule has 2 aromatic heterocycles. The van der Waals surface area contributed by atoms with Gasteiger partial charge in [-0.3, -0.25) is 14.3 Å². The van der Waals surface area contributed by atoms with Crippen LogP contribution in [0.25, 0.3) is 17.1 Å². The number of halogens is 1. The Kier molecular flexibility index (Phi) is 7.16. The Bertz CT molecular complexity index is 1290. The molecule has 0 unspecified atom stereocenters. The third kappa shape index (κ3) is 5.47. The van der Waals surface area contributed by atoms with Crippen molar-refractivity contribution in [3.05, 3.63) is 83.1 Å². The van der Waals surface area contributed by atoms with E-state index in [2.05, 4.69) is 41.6 Å². The van der Waals surface area contributed by atoms with Gasteiger partial charge in [0.05, 0.1) is 11.5 Å². The number of hydrazone groups is 1. The Hall–Kier alpha value is -3.50. The van der Waals surface area contributed by atoms with Crippen molar-refractivity contribution in [2.45, 2.75) is 12.1 Å². The SMILES string of the molecule is CC(=NNC(=O)CSc1nnc(-c2cccnc2)n1-c1ccc(Br)cc1)c1ccccc1O. The van der Waals surface area contributed by atoms with Crippen molar-refractivity contribution in [3.8, 4) is 22.8 Å². The fourth-order valence-electron chi connectivity index (χ4n) is 3.02. The summed E-state index contributed by atoms with van der Waals surface area (Å²) in [4.78, 5) is 16.6. The molecule has 0 fully saturated rings. The van der Waals surface area contributed by atoms with Crippen LogP contribution in [0.3, 0.4) is 0 Å². The standard InChI is InChI=1S/C23H19BrN6O2S/c1-15(19-6-2-3-7-20(19)31)26-27-21(32)14-33-23-29-28-22(16-5-4-12-25-13-16)30(23)18-10-8-17(24)9-11-18/h2-13,31H,14H2,1H3,(H,27,32). The van der Waals surface area contributed by atoms with Gasteiger partial charge in [-0.2, -0.15) is 5.10 Å². The number of benzene rings is 2. The number of pyridine rings is 1. The number of hydrogen-bond acceptors (Lipinski definition) is 7. The number of phenolic OH excluding ortho intramolecular Hbond substituents is 1. The van der Waals surface area contributed by atoms with Crippen LogP contribution in [0.2, 0.25) is 0 Å². The number of thioether (sulfide) groups is 1. The van der Waals surface area contributed by atoms with Crippen LogP contribution in [-0.4, -0.2) is 42.2 Å².